The second kappa shape index (κ2) is 12.8. The van der Waals surface area contributed by atoms with Crippen molar-refractivity contribution in [3.63, 3.8) is 0 Å². The zero-order valence-electron chi connectivity index (χ0n) is 28.2. The Kier molecular flexibility index (Phi) is 7.99. The summed E-state index contributed by atoms with van der Waals surface area (Å²) in [5.74, 6) is 0. The smallest absolute Gasteiger partial charge is 0.113 e. The first-order valence-electron chi connectivity index (χ1n) is 16.8. The minimum absolute atomic E-state index is 0.978. The second-order valence-electron chi connectivity index (χ2n) is 12.9. The molecular formula is C46H36N2S. The van der Waals surface area contributed by atoms with E-state index < -0.39 is 0 Å². The van der Waals surface area contributed by atoms with Crippen LogP contribution < -0.4 is 0 Å². The van der Waals surface area contributed by atoms with E-state index in [4.69, 9.17) is 8.75 Å². The van der Waals surface area contributed by atoms with Gasteiger partial charge in [-0.25, -0.2) is 0 Å². The van der Waals surface area contributed by atoms with Crippen molar-refractivity contribution in [3.8, 4) is 66.8 Å². The van der Waals surface area contributed by atoms with Crippen LogP contribution >= 0.6 is 11.7 Å². The maximum Gasteiger partial charge on any atom is 0.113 e. The minimum atomic E-state index is 0.978. The Labute approximate surface area is 292 Å². The SMILES string of the molecule is Cc1cc(-c2ccc(-c3ccccc3)cc2)ccc1-c1c(C)c(C)c(-c2ccc(-c3ccc(-c4ccccc4)cc3)cc2C)c2nsnc12. The van der Waals surface area contributed by atoms with Crippen LogP contribution in [0.25, 0.3) is 77.8 Å². The largest absolute Gasteiger partial charge is 0.172 e. The normalized spacial score (nSPS) is 11.3. The predicted octanol–water partition coefficient (Wildman–Crippen LogP) is 12.9. The minimum Gasteiger partial charge on any atom is -0.172 e. The molecule has 0 radical (unpaired) electrons. The van der Waals surface area contributed by atoms with Gasteiger partial charge in [0.25, 0.3) is 0 Å². The molecule has 0 atom stereocenters. The van der Waals surface area contributed by atoms with Gasteiger partial charge < -0.3 is 0 Å². The lowest BCUT2D eigenvalue weighted by Gasteiger charge is -2.19. The fourth-order valence-corrected chi connectivity index (χ4v) is 7.68. The third kappa shape index (κ3) is 5.67. The third-order valence-corrected chi connectivity index (χ3v) is 10.4. The summed E-state index contributed by atoms with van der Waals surface area (Å²) in [4.78, 5) is 0. The summed E-state index contributed by atoms with van der Waals surface area (Å²) < 4.78 is 9.80. The number of rotatable bonds is 6. The molecule has 1 heterocycles. The maximum absolute atomic E-state index is 4.90. The fraction of sp³-hybridized carbons (Fsp3) is 0.0870. The quantitative estimate of drug-likeness (QED) is 0.179. The molecule has 8 aromatic rings. The van der Waals surface area contributed by atoms with Gasteiger partial charge in [0.2, 0.25) is 0 Å². The van der Waals surface area contributed by atoms with E-state index in [1.165, 1.54) is 101 Å². The summed E-state index contributed by atoms with van der Waals surface area (Å²) in [6, 6.07) is 52.4. The van der Waals surface area contributed by atoms with Gasteiger partial charge in [0, 0.05) is 11.1 Å². The van der Waals surface area contributed by atoms with Gasteiger partial charge in [0.05, 0.1) is 11.7 Å². The van der Waals surface area contributed by atoms with Crippen LogP contribution in [0.4, 0.5) is 0 Å². The molecule has 0 spiro atoms. The van der Waals surface area contributed by atoms with Crippen LogP contribution in [0, 0.1) is 27.7 Å². The molecule has 236 valence electrons. The number of nitrogens with zero attached hydrogens (tertiary/aromatic N) is 2. The van der Waals surface area contributed by atoms with E-state index in [0.717, 1.165) is 11.0 Å². The molecule has 0 saturated heterocycles. The molecular weight excluding hydrogens is 613 g/mol. The Hall–Kier alpha value is -5.64. The van der Waals surface area contributed by atoms with Crippen LogP contribution in [0.5, 0.6) is 0 Å². The number of hydrogen-bond acceptors (Lipinski definition) is 3. The third-order valence-electron chi connectivity index (χ3n) is 9.92. The van der Waals surface area contributed by atoms with Crippen LogP contribution in [-0.4, -0.2) is 8.75 Å². The summed E-state index contributed by atoms with van der Waals surface area (Å²) in [5.41, 5.74) is 21.5. The molecule has 0 saturated carbocycles. The van der Waals surface area contributed by atoms with Gasteiger partial charge in [0.15, 0.2) is 0 Å². The lowest BCUT2D eigenvalue weighted by molar-refractivity contribution is 1.33. The topological polar surface area (TPSA) is 25.8 Å². The van der Waals surface area contributed by atoms with Crippen molar-refractivity contribution in [2.45, 2.75) is 27.7 Å². The van der Waals surface area contributed by atoms with E-state index in [1.807, 2.05) is 0 Å². The van der Waals surface area contributed by atoms with Crippen molar-refractivity contribution >= 4 is 22.8 Å². The van der Waals surface area contributed by atoms with Gasteiger partial charge in [-0.15, -0.1) is 0 Å². The first-order valence-corrected chi connectivity index (χ1v) is 17.5. The molecule has 7 aromatic carbocycles. The standard InChI is InChI=1S/C46H36N2S/c1-29-27-39(37-19-15-35(16-20-37)33-11-7-5-8-12-33)23-25-41(29)43-31(3)32(4)44(46-45(43)47-49-48-46)42-26-24-40(28-30(42)2)38-21-17-36(18-22-38)34-13-9-6-10-14-34/h5-28H,1-4H3. The van der Waals surface area contributed by atoms with E-state index in [9.17, 15) is 0 Å². The van der Waals surface area contributed by atoms with E-state index in [-0.39, 0.29) is 0 Å². The molecule has 0 aliphatic rings. The molecule has 0 aliphatic carbocycles. The Morgan fingerprint density at radius 1 is 0.347 bits per heavy atom. The predicted molar refractivity (Wildman–Crippen MR) is 209 cm³/mol. The lowest BCUT2D eigenvalue weighted by atomic mass is 9.85. The summed E-state index contributed by atoms with van der Waals surface area (Å²) in [7, 11) is 0. The number of aryl methyl sites for hydroxylation is 2. The van der Waals surface area contributed by atoms with Crippen LogP contribution in [0.15, 0.2) is 146 Å². The zero-order chi connectivity index (χ0) is 33.5. The highest BCUT2D eigenvalue weighted by Gasteiger charge is 2.22. The number of fused-ring (bicyclic) bond motifs is 1. The van der Waals surface area contributed by atoms with Gasteiger partial charge >= 0.3 is 0 Å². The van der Waals surface area contributed by atoms with Crippen LogP contribution in [0.3, 0.4) is 0 Å². The van der Waals surface area contributed by atoms with Gasteiger partial charge in [0.1, 0.15) is 11.0 Å². The number of benzene rings is 7. The molecule has 8 rings (SSSR count). The first-order chi connectivity index (χ1) is 24.0. The lowest BCUT2D eigenvalue weighted by Crippen LogP contribution is -1.98. The molecule has 0 fully saturated rings. The Morgan fingerprint density at radius 2 is 0.653 bits per heavy atom. The van der Waals surface area contributed by atoms with Gasteiger partial charge in [-0.1, -0.05) is 146 Å². The summed E-state index contributed by atoms with van der Waals surface area (Å²) in [6.07, 6.45) is 0. The average molecular weight is 649 g/mol. The highest BCUT2D eigenvalue weighted by atomic mass is 32.1. The second-order valence-corrected chi connectivity index (χ2v) is 13.4. The molecule has 49 heavy (non-hydrogen) atoms. The molecule has 2 nitrogen and oxygen atoms in total. The van der Waals surface area contributed by atoms with Gasteiger partial charge in [-0.2, -0.15) is 8.75 Å². The van der Waals surface area contributed by atoms with E-state index in [2.05, 4.69) is 173 Å². The molecule has 0 amide bonds. The van der Waals surface area contributed by atoms with Crippen LogP contribution in [0.2, 0.25) is 0 Å². The Balaban J connectivity index is 1.13. The highest BCUT2D eigenvalue weighted by Crippen LogP contribution is 2.43. The molecule has 0 unspecified atom stereocenters. The van der Waals surface area contributed by atoms with E-state index >= 15 is 0 Å². The molecule has 0 N–H and O–H groups in total. The molecule has 1 aromatic heterocycles. The molecule has 0 bridgehead atoms. The summed E-state index contributed by atoms with van der Waals surface area (Å²) in [6.45, 7) is 8.89. The van der Waals surface area contributed by atoms with E-state index in [1.54, 1.807) is 0 Å². The highest BCUT2D eigenvalue weighted by molar-refractivity contribution is 7.00. The summed E-state index contributed by atoms with van der Waals surface area (Å²) >= 11 is 1.30. The maximum atomic E-state index is 4.90. The number of hydrogen-bond donors (Lipinski definition) is 0. The monoisotopic (exact) mass is 648 g/mol. The molecule has 3 heteroatoms. The van der Waals surface area contributed by atoms with Crippen molar-refractivity contribution < 1.29 is 0 Å². The summed E-state index contributed by atoms with van der Waals surface area (Å²) in [5, 5.41) is 0. The average Bonchev–Trinajstić information content (AvgIpc) is 3.63. The first kappa shape index (κ1) is 30.7. The zero-order valence-corrected chi connectivity index (χ0v) is 29.0. The Bertz CT molecular complexity index is 2270. The van der Waals surface area contributed by atoms with E-state index in [0.29, 0.717) is 0 Å². The van der Waals surface area contributed by atoms with Crippen molar-refractivity contribution in [1.82, 2.24) is 8.75 Å². The van der Waals surface area contributed by atoms with Crippen LogP contribution in [-0.2, 0) is 0 Å². The van der Waals surface area contributed by atoms with Crippen molar-refractivity contribution in [2.75, 3.05) is 0 Å². The van der Waals surface area contributed by atoms with Gasteiger partial charge in [-0.3, -0.25) is 0 Å². The fourth-order valence-electron chi connectivity index (χ4n) is 7.12. The van der Waals surface area contributed by atoms with Crippen molar-refractivity contribution in [1.29, 1.82) is 0 Å². The molecule has 0 aliphatic heterocycles. The Morgan fingerprint density at radius 3 is 1.00 bits per heavy atom. The van der Waals surface area contributed by atoms with Crippen molar-refractivity contribution in [3.05, 3.63) is 168 Å². The number of aromatic nitrogens is 2. The van der Waals surface area contributed by atoms with Crippen LogP contribution in [0.1, 0.15) is 22.3 Å². The van der Waals surface area contributed by atoms with Gasteiger partial charge in [-0.05, 0) is 106 Å². The van der Waals surface area contributed by atoms with Crippen molar-refractivity contribution in [2.24, 2.45) is 0 Å².